The van der Waals surface area contributed by atoms with Gasteiger partial charge in [0.25, 0.3) is 15.9 Å². The summed E-state index contributed by atoms with van der Waals surface area (Å²) in [6, 6.07) is 8.18. The molecule has 0 heterocycles. The first-order valence-electron chi connectivity index (χ1n) is 25.8. The lowest BCUT2D eigenvalue weighted by Gasteiger charge is -2.42. The molecule has 0 fully saturated rings. The minimum Gasteiger partial charge on any atom is -0.444 e. The molecule has 9 amide bonds. The van der Waals surface area contributed by atoms with E-state index >= 15 is 0 Å². The fraction of sp³-hybridized carbons (Fsp3) is 0.600. The first kappa shape index (κ1) is 66.4. The second kappa shape index (κ2) is 27.6. The highest BCUT2D eigenvalue weighted by Gasteiger charge is 2.46. The zero-order valence-corrected chi connectivity index (χ0v) is 49.2. The molecular weight excluding hydrogens is 1010 g/mol. The normalized spacial score (nSPS) is 14.4. The van der Waals surface area contributed by atoms with Gasteiger partial charge in [-0.15, -0.1) is 0 Å². The van der Waals surface area contributed by atoms with E-state index in [-0.39, 0.29) is 36.6 Å². The standard InChI is InChI=1S/C55H87N9O12S/c1-33(2)39(63(17)48(69)42(52(6,7)8)61-47(68)43(64(18)51(72)76-54(12,13)14)55(15,16)36-26-20-19-21-27-36)32-35(5)44(65)62-77(73,74)40-30-23-22-28-37(40)58-45(66)38(29-24-25-31-57-49(56)70)59-46(67)41(34(3)4)60-50(71)75-53(9,10)11/h19-23,26-28,30,32-34,38-39,41-43H,24-25,29,31H2,1-18H3,(H,58,66)(H,59,67)(H,60,71)(H,61,68)(H,62,65)(H3,56,57,70)/b35-32+/t38-,39+,41-,42+,43+/m0/s1. The highest BCUT2D eigenvalue weighted by atomic mass is 32.2. The van der Waals surface area contributed by atoms with Crippen molar-refractivity contribution in [3.63, 3.8) is 0 Å². The van der Waals surface area contributed by atoms with Crippen molar-refractivity contribution in [3.8, 4) is 0 Å². The van der Waals surface area contributed by atoms with Gasteiger partial charge in [-0.1, -0.05) is 111 Å². The second-order valence-electron chi connectivity index (χ2n) is 23.6. The molecule has 2 rings (SSSR count). The van der Waals surface area contributed by atoms with Crippen molar-refractivity contribution < 1.29 is 56.2 Å². The van der Waals surface area contributed by atoms with Crippen LogP contribution < -0.4 is 37.0 Å². The number of unbranched alkanes of at least 4 members (excludes halogenated alkanes) is 1. The summed E-state index contributed by atoms with van der Waals surface area (Å²) in [7, 11) is -1.75. The average molecular weight is 1100 g/mol. The number of amides is 9. The molecule has 5 atom stereocenters. The molecule has 0 saturated heterocycles. The molecule has 21 nitrogen and oxygen atoms in total. The van der Waals surface area contributed by atoms with Gasteiger partial charge in [0.05, 0.1) is 11.7 Å². The zero-order chi connectivity index (χ0) is 59.2. The first-order chi connectivity index (χ1) is 35.2. The zero-order valence-electron chi connectivity index (χ0n) is 48.4. The molecule has 0 aliphatic heterocycles. The number of primary amides is 1. The number of benzene rings is 2. The maximum absolute atomic E-state index is 14.7. The van der Waals surface area contributed by atoms with E-state index in [9.17, 15) is 46.8 Å². The molecule has 77 heavy (non-hydrogen) atoms. The van der Waals surface area contributed by atoms with E-state index in [4.69, 9.17) is 15.2 Å². The number of carbonyl (C=O) groups excluding carboxylic acids is 8. The Morgan fingerprint density at radius 2 is 1.25 bits per heavy atom. The third-order valence-electron chi connectivity index (χ3n) is 12.3. The summed E-state index contributed by atoms with van der Waals surface area (Å²) in [5.74, 6) is -4.55. The Hall–Kier alpha value is -6.71. The molecule has 2 aromatic carbocycles. The molecule has 22 heteroatoms. The number of nitrogens with zero attached hydrogens (tertiary/aromatic N) is 2. The monoisotopic (exact) mass is 1100 g/mol. The highest BCUT2D eigenvalue weighted by molar-refractivity contribution is 7.90. The number of nitrogens with one attached hydrogen (secondary N) is 6. The SMILES string of the molecule is C/C(=C\[C@H](C(C)C)N(C)C(=O)[C@@H](NC(=O)[C@@H](N(C)C(=O)OC(C)(C)C)C(C)(C)c1ccccc1)C(C)(C)C)C(=O)NS(=O)(=O)c1ccccc1NC(=O)[C@H](CCCCNC(N)=O)NC(=O)[C@@H](NC(=O)OC(C)(C)C)C(C)C. The molecule has 0 unspecified atom stereocenters. The second-order valence-corrected chi connectivity index (χ2v) is 25.2. The number of urea groups is 1. The predicted octanol–water partition coefficient (Wildman–Crippen LogP) is 6.48. The van der Waals surface area contributed by atoms with Gasteiger partial charge in [-0.05, 0) is 103 Å². The third-order valence-corrected chi connectivity index (χ3v) is 13.7. The van der Waals surface area contributed by atoms with Gasteiger partial charge in [-0.2, -0.15) is 0 Å². The molecule has 0 radical (unpaired) electrons. The number of anilines is 1. The molecule has 430 valence electrons. The Labute approximate surface area is 456 Å². The summed E-state index contributed by atoms with van der Waals surface area (Å²) in [5, 5.41) is 13.2. The first-order valence-corrected chi connectivity index (χ1v) is 27.3. The van der Waals surface area contributed by atoms with Crippen LogP contribution in [-0.4, -0.2) is 128 Å². The summed E-state index contributed by atoms with van der Waals surface area (Å²) >= 11 is 0. The van der Waals surface area contributed by atoms with E-state index < -0.39 is 121 Å². The molecule has 0 saturated carbocycles. The minimum absolute atomic E-state index is 0.0140. The lowest BCUT2D eigenvalue weighted by molar-refractivity contribution is -0.141. The van der Waals surface area contributed by atoms with Crippen LogP contribution in [0.2, 0.25) is 0 Å². The number of ether oxygens (including phenoxy) is 2. The van der Waals surface area contributed by atoms with E-state index in [0.717, 1.165) is 5.56 Å². The van der Waals surface area contributed by atoms with Gasteiger partial charge in [0, 0.05) is 31.6 Å². The Morgan fingerprint density at radius 1 is 0.688 bits per heavy atom. The van der Waals surface area contributed by atoms with Crippen LogP contribution >= 0.6 is 0 Å². The smallest absolute Gasteiger partial charge is 0.410 e. The number of hydrogen-bond donors (Lipinski definition) is 7. The average Bonchev–Trinajstić information content (AvgIpc) is 3.28. The number of alkyl carbamates (subject to hydrolysis) is 1. The van der Waals surface area contributed by atoms with Crippen molar-refractivity contribution in [2.75, 3.05) is 26.0 Å². The van der Waals surface area contributed by atoms with E-state index in [1.165, 1.54) is 61.2 Å². The predicted molar refractivity (Wildman–Crippen MR) is 296 cm³/mol. The van der Waals surface area contributed by atoms with Gasteiger partial charge in [0.2, 0.25) is 23.6 Å². The molecule has 0 spiro atoms. The Kier molecular flexibility index (Phi) is 23.8. The maximum Gasteiger partial charge on any atom is 0.410 e. The summed E-state index contributed by atoms with van der Waals surface area (Å²) in [6.45, 7) is 27.6. The van der Waals surface area contributed by atoms with E-state index in [1.807, 2.05) is 44.2 Å². The molecule has 8 N–H and O–H groups in total. The fourth-order valence-corrected chi connectivity index (χ4v) is 9.40. The molecule has 0 aliphatic rings. The van der Waals surface area contributed by atoms with Gasteiger partial charge in [-0.25, -0.2) is 27.5 Å². The van der Waals surface area contributed by atoms with Crippen LogP contribution in [0.3, 0.4) is 0 Å². The summed E-state index contributed by atoms with van der Waals surface area (Å²) in [5.41, 5.74) is 1.99. The Bertz CT molecular complexity index is 2550. The molecular formula is C55H87N9O12S. The van der Waals surface area contributed by atoms with Crippen LogP contribution in [-0.2, 0) is 48.9 Å². The van der Waals surface area contributed by atoms with Crippen molar-refractivity contribution in [2.45, 2.75) is 182 Å². The van der Waals surface area contributed by atoms with Gasteiger partial charge in [0.1, 0.15) is 40.3 Å². The summed E-state index contributed by atoms with van der Waals surface area (Å²) < 4.78 is 41.3. The number of carbonyl (C=O) groups is 8. The van der Waals surface area contributed by atoms with Crippen LogP contribution in [0.25, 0.3) is 0 Å². The summed E-state index contributed by atoms with van der Waals surface area (Å²) in [6.07, 6.45) is 0.513. The van der Waals surface area contributed by atoms with Crippen LogP contribution in [0.15, 0.2) is 71.1 Å². The third kappa shape index (κ3) is 20.6. The number of sulfonamides is 1. The number of para-hydroxylation sites is 1. The molecule has 2 aromatic rings. The Balaban J connectivity index is 2.49. The largest absolute Gasteiger partial charge is 0.444 e. The quantitative estimate of drug-likeness (QED) is 0.0465. The van der Waals surface area contributed by atoms with Crippen molar-refractivity contribution >= 4 is 63.5 Å². The van der Waals surface area contributed by atoms with Crippen molar-refractivity contribution in [1.82, 2.24) is 35.8 Å². The van der Waals surface area contributed by atoms with E-state index in [1.54, 1.807) is 90.0 Å². The number of nitrogens with two attached hydrogens (primary N) is 1. The van der Waals surface area contributed by atoms with Crippen LogP contribution in [0.4, 0.5) is 20.1 Å². The minimum atomic E-state index is -4.74. The fourth-order valence-electron chi connectivity index (χ4n) is 8.22. The van der Waals surface area contributed by atoms with Crippen molar-refractivity contribution in [1.29, 1.82) is 0 Å². The van der Waals surface area contributed by atoms with Crippen molar-refractivity contribution in [3.05, 3.63) is 71.8 Å². The topological polar surface area (TPSA) is 294 Å². The lowest BCUT2D eigenvalue weighted by atomic mass is 9.76. The van der Waals surface area contributed by atoms with Gasteiger partial charge in [-0.3, -0.25) is 28.9 Å². The van der Waals surface area contributed by atoms with Crippen LogP contribution in [0.1, 0.15) is 136 Å². The summed E-state index contributed by atoms with van der Waals surface area (Å²) in [4.78, 5) is 111. The number of rotatable bonds is 23. The highest BCUT2D eigenvalue weighted by Crippen LogP contribution is 2.33. The van der Waals surface area contributed by atoms with Crippen LogP contribution in [0.5, 0.6) is 0 Å². The molecule has 0 bridgehead atoms. The Morgan fingerprint density at radius 3 is 1.77 bits per heavy atom. The van der Waals surface area contributed by atoms with Crippen molar-refractivity contribution in [2.24, 2.45) is 23.0 Å². The number of hydrogen-bond acceptors (Lipinski definition) is 12. The molecule has 0 aromatic heterocycles. The molecule has 0 aliphatic carbocycles. The lowest BCUT2D eigenvalue weighted by Crippen LogP contribution is -2.63. The number of likely N-dealkylation sites (N-methyl/N-ethyl adjacent to an activating group) is 2. The van der Waals surface area contributed by atoms with E-state index in [2.05, 4.69) is 31.3 Å². The van der Waals surface area contributed by atoms with Gasteiger partial charge < -0.3 is 46.7 Å². The van der Waals surface area contributed by atoms with Crippen LogP contribution in [0, 0.1) is 17.3 Å². The maximum atomic E-state index is 14.7. The van der Waals surface area contributed by atoms with Gasteiger partial charge in [0.15, 0.2) is 0 Å². The van der Waals surface area contributed by atoms with Gasteiger partial charge >= 0.3 is 18.2 Å². The van der Waals surface area contributed by atoms with E-state index in [0.29, 0.717) is 6.42 Å².